The van der Waals surface area contributed by atoms with Gasteiger partial charge in [-0.1, -0.05) is 0 Å². The van der Waals surface area contributed by atoms with Crippen LogP contribution in [0.15, 0.2) is 22.6 Å². The van der Waals surface area contributed by atoms with E-state index < -0.39 is 11.8 Å². The van der Waals surface area contributed by atoms with E-state index in [0.717, 1.165) is 12.1 Å². The molecule has 5 heteroatoms. The minimum Gasteiger partial charge on any atom is -0.478 e. The molecule has 0 fully saturated rings. The smallest absolute Gasteiger partial charge is 0.336 e. The minimum atomic E-state index is -1.20. The summed E-state index contributed by atoms with van der Waals surface area (Å²) in [6.07, 6.45) is 0.394. The third-order valence-electron chi connectivity index (χ3n) is 2.00. The number of carboxylic acid groups (broad SMARTS) is 1. The van der Waals surface area contributed by atoms with Crippen molar-refractivity contribution in [3.8, 4) is 0 Å². The number of aldehydes is 1. The SMILES string of the molecule is O=Cc1cc2c(C(=O)O)ccc(F)c2o1. The van der Waals surface area contributed by atoms with Crippen molar-refractivity contribution in [3.63, 3.8) is 0 Å². The number of fused-ring (bicyclic) bond motifs is 1. The molecule has 0 radical (unpaired) electrons. The molecular weight excluding hydrogens is 203 g/mol. The van der Waals surface area contributed by atoms with E-state index in [1.54, 1.807) is 0 Å². The van der Waals surface area contributed by atoms with E-state index in [4.69, 9.17) is 9.52 Å². The van der Waals surface area contributed by atoms with Crippen LogP contribution in [0.1, 0.15) is 20.9 Å². The maximum Gasteiger partial charge on any atom is 0.336 e. The highest BCUT2D eigenvalue weighted by Crippen LogP contribution is 2.25. The van der Waals surface area contributed by atoms with Crippen LogP contribution >= 0.6 is 0 Å². The van der Waals surface area contributed by atoms with Gasteiger partial charge < -0.3 is 9.52 Å². The van der Waals surface area contributed by atoms with Crippen molar-refractivity contribution in [2.24, 2.45) is 0 Å². The zero-order valence-corrected chi connectivity index (χ0v) is 7.36. The Kier molecular flexibility index (Phi) is 2.00. The number of carbonyl (C=O) groups is 2. The zero-order valence-electron chi connectivity index (χ0n) is 7.36. The van der Waals surface area contributed by atoms with Gasteiger partial charge in [0.05, 0.1) is 5.56 Å². The normalized spacial score (nSPS) is 10.5. The quantitative estimate of drug-likeness (QED) is 0.767. The monoisotopic (exact) mass is 208 g/mol. The van der Waals surface area contributed by atoms with Crippen molar-refractivity contribution in [2.75, 3.05) is 0 Å². The molecule has 0 bridgehead atoms. The fraction of sp³-hybridized carbons (Fsp3) is 0. The standard InChI is InChI=1S/C10H5FO4/c11-8-2-1-6(10(13)14)7-3-5(4-12)15-9(7)8/h1-4H,(H,13,14). The number of rotatable bonds is 2. The van der Waals surface area contributed by atoms with Crippen LogP contribution in [0.3, 0.4) is 0 Å². The number of furan rings is 1. The lowest BCUT2D eigenvalue weighted by Gasteiger charge is -1.95. The molecule has 1 heterocycles. The Balaban J connectivity index is 2.85. The van der Waals surface area contributed by atoms with Crippen molar-refractivity contribution in [1.29, 1.82) is 0 Å². The van der Waals surface area contributed by atoms with Gasteiger partial charge in [0.15, 0.2) is 23.4 Å². The van der Waals surface area contributed by atoms with E-state index in [0.29, 0.717) is 6.29 Å². The second-order valence-electron chi connectivity index (χ2n) is 2.91. The van der Waals surface area contributed by atoms with Crippen LogP contribution in [0.2, 0.25) is 0 Å². The van der Waals surface area contributed by atoms with E-state index in [9.17, 15) is 14.0 Å². The molecule has 0 atom stereocenters. The molecule has 2 rings (SSSR count). The first-order chi connectivity index (χ1) is 7.13. The molecule has 4 nitrogen and oxygen atoms in total. The Labute approximate surface area is 82.9 Å². The van der Waals surface area contributed by atoms with Gasteiger partial charge in [-0.2, -0.15) is 0 Å². The lowest BCUT2D eigenvalue weighted by molar-refractivity contribution is 0.0699. The summed E-state index contributed by atoms with van der Waals surface area (Å²) in [5.41, 5.74) is -0.305. The number of carbonyl (C=O) groups excluding carboxylic acids is 1. The van der Waals surface area contributed by atoms with Gasteiger partial charge in [0.2, 0.25) is 0 Å². The Morgan fingerprint density at radius 2 is 2.20 bits per heavy atom. The third-order valence-corrected chi connectivity index (χ3v) is 2.00. The first kappa shape index (κ1) is 9.39. The second kappa shape index (κ2) is 3.20. The molecule has 0 aliphatic carbocycles. The first-order valence-corrected chi connectivity index (χ1v) is 4.04. The lowest BCUT2D eigenvalue weighted by Crippen LogP contribution is -1.96. The van der Waals surface area contributed by atoms with E-state index in [2.05, 4.69) is 0 Å². The summed E-state index contributed by atoms with van der Waals surface area (Å²) in [4.78, 5) is 21.2. The summed E-state index contributed by atoms with van der Waals surface area (Å²) in [5, 5.41) is 8.89. The van der Waals surface area contributed by atoms with Gasteiger partial charge in [-0.15, -0.1) is 0 Å². The zero-order chi connectivity index (χ0) is 11.0. The van der Waals surface area contributed by atoms with Gasteiger partial charge in [0, 0.05) is 5.39 Å². The minimum absolute atomic E-state index is 0.0876. The molecule has 15 heavy (non-hydrogen) atoms. The van der Waals surface area contributed by atoms with Crippen molar-refractivity contribution in [1.82, 2.24) is 0 Å². The van der Waals surface area contributed by atoms with Crippen molar-refractivity contribution in [3.05, 3.63) is 35.3 Å². The number of aromatic carboxylic acids is 1. The van der Waals surface area contributed by atoms with Gasteiger partial charge in [0.1, 0.15) is 0 Å². The Bertz CT molecular complexity index is 556. The summed E-state index contributed by atoms with van der Waals surface area (Å²) >= 11 is 0. The van der Waals surface area contributed by atoms with Crippen molar-refractivity contribution in [2.45, 2.75) is 0 Å². The highest BCUT2D eigenvalue weighted by atomic mass is 19.1. The first-order valence-electron chi connectivity index (χ1n) is 4.04. The summed E-state index contributed by atoms with van der Waals surface area (Å²) in [5.74, 6) is -1.99. The molecule has 0 spiro atoms. The molecule has 0 aliphatic heterocycles. The van der Waals surface area contributed by atoms with Gasteiger partial charge in [-0.25, -0.2) is 9.18 Å². The second-order valence-corrected chi connectivity index (χ2v) is 2.91. The predicted molar refractivity (Wildman–Crippen MR) is 48.5 cm³/mol. The molecule has 1 aromatic heterocycles. The number of hydrogen-bond donors (Lipinski definition) is 1. The number of benzene rings is 1. The van der Waals surface area contributed by atoms with E-state index in [-0.39, 0.29) is 22.3 Å². The largest absolute Gasteiger partial charge is 0.478 e. The van der Waals surface area contributed by atoms with Gasteiger partial charge >= 0.3 is 5.97 Å². The lowest BCUT2D eigenvalue weighted by atomic mass is 10.1. The van der Waals surface area contributed by atoms with Crippen LogP contribution < -0.4 is 0 Å². The van der Waals surface area contributed by atoms with Crippen molar-refractivity contribution >= 4 is 23.2 Å². The Morgan fingerprint density at radius 3 is 2.80 bits per heavy atom. The summed E-state index contributed by atoms with van der Waals surface area (Å²) in [7, 11) is 0. The highest BCUT2D eigenvalue weighted by molar-refractivity contribution is 6.03. The molecule has 76 valence electrons. The summed E-state index contributed by atoms with van der Waals surface area (Å²) < 4.78 is 18.0. The van der Waals surface area contributed by atoms with Crippen LogP contribution in [0.4, 0.5) is 4.39 Å². The predicted octanol–water partition coefficient (Wildman–Crippen LogP) is 2.08. The molecule has 0 unspecified atom stereocenters. The third kappa shape index (κ3) is 1.38. The maximum atomic E-state index is 13.2. The molecule has 0 aliphatic rings. The highest BCUT2D eigenvalue weighted by Gasteiger charge is 2.15. The maximum absolute atomic E-state index is 13.2. The molecule has 1 aromatic carbocycles. The average molecular weight is 208 g/mol. The number of carboxylic acids is 1. The van der Waals surface area contributed by atoms with E-state index in [1.807, 2.05) is 0 Å². The molecule has 0 amide bonds. The van der Waals surface area contributed by atoms with Gasteiger partial charge in [-0.05, 0) is 18.2 Å². The van der Waals surface area contributed by atoms with Crippen LogP contribution in [-0.2, 0) is 0 Å². The fourth-order valence-electron chi connectivity index (χ4n) is 1.35. The van der Waals surface area contributed by atoms with Gasteiger partial charge in [0.25, 0.3) is 0 Å². The molecule has 1 N–H and O–H groups in total. The Hall–Kier alpha value is -2.17. The molecule has 2 aromatic rings. The summed E-state index contributed by atoms with van der Waals surface area (Å²) in [6, 6.07) is 3.32. The number of hydrogen-bond acceptors (Lipinski definition) is 3. The number of halogens is 1. The molecule has 0 saturated carbocycles. The topological polar surface area (TPSA) is 67.5 Å². The molecule has 0 saturated heterocycles. The van der Waals surface area contributed by atoms with Crippen LogP contribution in [0, 0.1) is 5.82 Å². The van der Waals surface area contributed by atoms with Crippen molar-refractivity contribution < 1.29 is 23.5 Å². The van der Waals surface area contributed by atoms with E-state index in [1.165, 1.54) is 6.07 Å². The van der Waals surface area contributed by atoms with Crippen LogP contribution in [-0.4, -0.2) is 17.4 Å². The van der Waals surface area contributed by atoms with E-state index >= 15 is 0 Å². The molecular formula is C10H5FO4. The fourth-order valence-corrected chi connectivity index (χ4v) is 1.35. The Morgan fingerprint density at radius 1 is 1.47 bits per heavy atom. The van der Waals surface area contributed by atoms with Gasteiger partial charge in [-0.3, -0.25) is 4.79 Å². The average Bonchev–Trinajstić information content (AvgIpc) is 2.62. The van der Waals surface area contributed by atoms with Crippen LogP contribution in [0.25, 0.3) is 11.0 Å². The van der Waals surface area contributed by atoms with Crippen LogP contribution in [0.5, 0.6) is 0 Å². The summed E-state index contributed by atoms with van der Waals surface area (Å²) in [6.45, 7) is 0.